The molecule has 1 aromatic rings. The zero-order valence-electron chi connectivity index (χ0n) is 10.5. The zero-order chi connectivity index (χ0) is 13.5. The van der Waals surface area contributed by atoms with Gasteiger partial charge in [0.15, 0.2) is 0 Å². The van der Waals surface area contributed by atoms with Crippen molar-refractivity contribution in [3.8, 4) is 6.07 Å². The van der Waals surface area contributed by atoms with Crippen molar-refractivity contribution in [2.45, 2.75) is 13.3 Å². The molecule has 0 aliphatic carbocycles. The molecule has 5 heteroatoms. The minimum Gasteiger partial charge on any atom is -0.362 e. The quantitative estimate of drug-likeness (QED) is 0.888. The molecule has 1 rings (SSSR count). The number of nitrogens with zero attached hydrogens (tertiary/aromatic N) is 2. The molecular formula is C13H16ClN3O. The second-order valence-electron chi connectivity index (χ2n) is 3.87. The maximum atomic E-state index is 11.4. The number of hydrogen-bond donors (Lipinski definition) is 1. The van der Waals surface area contributed by atoms with Crippen molar-refractivity contribution >= 4 is 23.2 Å². The van der Waals surface area contributed by atoms with Crippen LogP contribution in [0.2, 0.25) is 5.02 Å². The number of benzene rings is 1. The number of carbonyl (C=O) groups is 1. The van der Waals surface area contributed by atoms with Gasteiger partial charge < -0.3 is 10.2 Å². The van der Waals surface area contributed by atoms with Gasteiger partial charge >= 0.3 is 0 Å². The second-order valence-corrected chi connectivity index (χ2v) is 4.28. The van der Waals surface area contributed by atoms with Gasteiger partial charge in [-0.3, -0.25) is 4.79 Å². The summed E-state index contributed by atoms with van der Waals surface area (Å²) >= 11 is 5.99. The highest BCUT2D eigenvalue weighted by Crippen LogP contribution is 2.23. The molecule has 1 N–H and O–H groups in total. The van der Waals surface area contributed by atoms with E-state index in [1.807, 2.05) is 24.0 Å². The van der Waals surface area contributed by atoms with Crippen LogP contribution in [0.1, 0.15) is 18.9 Å². The van der Waals surface area contributed by atoms with E-state index in [1.165, 1.54) is 0 Å². The van der Waals surface area contributed by atoms with Crippen molar-refractivity contribution < 1.29 is 4.79 Å². The highest BCUT2D eigenvalue weighted by Gasteiger charge is 2.11. The largest absolute Gasteiger partial charge is 0.362 e. The molecule has 1 aromatic carbocycles. The Balaban J connectivity index is 2.95. The number of carbonyl (C=O) groups excluding carboxylic acids is 1. The molecule has 0 fully saturated rings. The summed E-state index contributed by atoms with van der Waals surface area (Å²) in [6.07, 6.45) is 0.925. The van der Waals surface area contributed by atoms with Gasteiger partial charge in [-0.15, -0.1) is 0 Å². The number of amides is 1. The number of nitriles is 1. The maximum Gasteiger partial charge on any atom is 0.239 e. The first-order chi connectivity index (χ1) is 8.62. The number of rotatable bonds is 5. The van der Waals surface area contributed by atoms with Crippen molar-refractivity contribution in [1.82, 2.24) is 5.32 Å². The predicted octanol–water partition coefficient (Wildman–Crippen LogP) is 2.17. The molecule has 0 saturated heterocycles. The van der Waals surface area contributed by atoms with Crippen LogP contribution in [0.15, 0.2) is 18.2 Å². The maximum absolute atomic E-state index is 11.4. The van der Waals surface area contributed by atoms with Gasteiger partial charge in [-0.1, -0.05) is 18.5 Å². The summed E-state index contributed by atoms with van der Waals surface area (Å²) in [5.74, 6) is -0.0519. The Labute approximate surface area is 112 Å². The monoisotopic (exact) mass is 265 g/mol. The molecule has 0 bridgehead atoms. The van der Waals surface area contributed by atoms with E-state index in [9.17, 15) is 4.79 Å². The summed E-state index contributed by atoms with van der Waals surface area (Å²) in [5.41, 5.74) is 1.29. The van der Waals surface area contributed by atoms with E-state index in [4.69, 9.17) is 16.9 Å². The number of nitrogens with one attached hydrogen (secondary N) is 1. The summed E-state index contributed by atoms with van der Waals surface area (Å²) in [6, 6.07) is 7.22. The fourth-order valence-electron chi connectivity index (χ4n) is 1.61. The van der Waals surface area contributed by atoms with Gasteiger partial charge in [-0.2, -0.15) is 5.26 Å². The summed E-state index contributed by atoms with van der Waals surface area (Å²) < 4.78 is 0. The molecule has 4 nitrogen and oxygen atoms in total. The highest BCUT2D eigenvalue weighted by molar-refractivity contribution is 6.32. The Hall–Kier alpha value is -1.73. The minimum atomic E-state index is -0.0519. The zero-order valence-corrected chi connectivity index (χ0v) is 11.3. The lowest BCUT2D eigenvalue weighted by Crippen LogP contribution is -2.36. The van der Waals surface area contributed by atoms with Crippen LogP contribution in [0.4, 0.5) is 5.69 Å². The number of hydrogen-bond acceptors (Lipinski definition) is 3. The Kier molecular flexibility index (Phi) is 5.47. The third kappa shape index (κ3) is 3.64. The Morgan fingerprint density at radius 3 is 2.78 bits per heavy atom. The summed E-state index contributed by atoms with van der Waals surface area (Å²) in [4.78, 5) is 13.4. The molecule has 0 aromatic heterocycles. The van der Waals surface area contributed by atoms with E-state index in [2.05, 4.69) is 5.32 Å². The standard InChI is InChI=1S/C13H16ClN3O/c1-3-6-17(9-13(18)16-2)11-5-4-10(8-15)12(14)7-11/h4-5,7H,3,6,9H2,1-2H3,(H,16,18). The van der Waals surface area contributed by atoms with Crippen LogP contribution in [-0.4, -0.2) is 26.0 Å². The van der Waals surface area contributed by atoms with Gasteiger partial charge in [0.05, 0.1) is 17.1 Å². The van der Waals surface area contributed by atoms with Crippen molar-refractivity contribution in [2.24, 2.45) is 0 Å². The van der Waals surface area contributed by atoms with Crippen LogP contribution in [-0.2, 0) is 4.79 Å². The molecule has 0 spiro atoms. The number of halogens is 1. The average molecular weight is 266 g/mol. The van der Waals surface area contributed by atoms with Gasteiger partial charge in [-0.25, -0.2) is 0 Å². The summed E-state index contributed by atoms with van der Waals surface area (Å²) in [6.45, 7) is 3.09. The van der Waals surface area contributed by atoms with E-state index in [1.54, 1.807) is 19.2 Å². The van der Waals surface area contributed by atoms with Crippen LogP contribution in [0.3, 0.4) is 0 Å². The lowest BCUT2D eigenvalue weighted by Gasteiger charge is -2.23. The molecule has 0 saturated carbocycles. The van der Waals surface area contributed by atoms with E-state index in [0.29, 0.717) is 10.6 Å². The van der Waals surface area contributed by atoms with Crippen LogP contribution in [0, 0.1) is 11.3 Å². The molecule has 0 heterocycles. The fraction of sp³-hybridized carbons (Fsp3) is 0.385. The van der Waals surface area contributed by atoms with E-state index in [0.717, 1.165) is 18.7 Å². The average Bonchev–Trinajstić information content (AvgIpc) is 2.38. The first kappa shape index (κ1) is 14.3. The summed E-state index contributed by atoms with van der Waals surface area (Å²) in [7, 11) is 1.61. The molecule has 0 aliphatic heterocycles. The van der Waals surface area contributed by atoms with Crippen molar-refractivity contribution in [1.29, 1.82) is 5.26 Å². The van der Waals surface area contributed by atoms with Crippen LogP contribution in [0.5, 0.6) is 0 Å². The first-order valence-corrected chi connectivity index (χ1v) is 6.15. The molecule has 96 valence electrons. The highest BCUT2D eigenvalue weighted by atomic mass is 35.5. The minimum absolute atomic E-state index is 0.0519. The van der Waals surface area contributed by atoms with Gasteiger partial charge in [0.2, 0.25) is 5.91 Å². The topological polar surface area (TPSA) is 56.1 Å². The predicted molar refractivity (Wildman–Crippen MR) is 72.7 cm³/mol. The fourth-order valence-corrected chi connectivity index (χ4v) is 1.83. The van der Waals surface area contributed by atoms with Crippen LogP contribution in [0.25, 0.3) is 0 Å². The van der Waals surface area contributed by atoms with Gasteiger partial charge in [0, 0.05) is 19.3 Å². The molecule has 0 unspecified atom stereocenters. The number of anilines is 1. The molecule has 0 aliphatic rings. The molecule has 18 heavy (non-hydrogen) atoms. The lowest BCUT2D eigenvalue weighted by atomic mass is 10.2. The smallest absolute Gasteiger partial charge is 0.239 e. The van der Waals surface area contributed by atoms with Gasteiger partial charge in [0.25, 0.3) is 0 Å². The molecule has 0 atom stereocenters. The van der Waals surface area contributed by atoms with Crippen molar-refractivity contribution in [2.75, 3.05) is 25.0 Å². The third-order valence-electron chi connectivity index (χ3n) is 2.55. The van der Waals surface area contributed by atoms with Crippen molar-refractivity contribution in [3.05, 3.63) is 28.8 Å². The number of likely N-dealkylation sites (N-methyl/N-ethyl adjacent to an activating group) is 1. The first-order valence-electron chi connectivity index (χ1n) is 5.77. The lowest BCUT2D eigenvalue weighted by molar-refractivity contribution is -0.119. The van der Waals surface area contributed by atoms with Crippen LogP contribution < -0.4 is 10.2 Å². The van der Waals surface area contributed by atoms with Crippen molar-refractivity contribution in [3.63, 3.8) is 0 Å². The Bertz CT molecular complexity index is 468. The van der Waals surface area contributed by atoms with Gasteiger partial charge in [0.1, 0.15) is 6.07 Å². The molecular weight excluding hydrogens is 250 g/mol. The molecule has 0 radical (unpaired) electrons. The Morgan fingerprint density at radius 2 is 2.28 bits per heavy atom. The van der Waals surface area contributed by atoms with Gasteiger partial charge in [-0.05, 0) is 24.6 Å². The van der Waals surface area contributed by atoms with Crippen LogP contribution >= 0.6 is 11.6 Å². The molecule has 1 amide bonds. The van der Waals surface area contributed by atoms with E-state index >= 15 is 0 Å². The SMILES string of the molecule is CCCN(CC(=O)NC)c1ccc(C#N)c(Cl)c1. The summed E-state index contributed by atoms with van der Waals surface area (Å²) in [5, 5.41) is 11.8. The third-order valence-corrected chi connectivity index (χ3v) is 2.86. The normalized spacial score (nSPS) is 9.67. The van der Waals surface area contributed by atoms with E-state index < -0.39 is 0 Å². The van der Waals surface area contributed by atoms with E-state index in [-0.39, 0.29) is 12.5 Å². The second kappa shape index (κ2) is 6.87. The Morgan fingerprint density at radius 1 is 1.56 bits per heavy atom.